The lowest BCUT2D eigenvalue weighted by Crippen LogP contribution is -2.41. The molecule has 1 aliphatic heterocycles. The molecule has 3 aromatic rings. The van der Waals surface area contributed by atoms with E-state index in [9.17, 15) is 9.59 Å². The summed E-state index contributed by atoms with van der Waals surface area (Å²) in [6.45, 7) is 3.68. The number of nitrogens with zero attached hydrogens (tertiary/aromatic N) is 4. The summed E-state index contributed by atoms with van der Waals surface area (Å²) in [5, 5.41) is 7.67. The zero-order chi connectivity index (χ0) is 23.7. The molecule has 1 unspecified atom stereocenters. The van der Waals surface area contributed by atoms with Crippen molar-refractivity contribution in [3.05, 3.63) is 71.5 Å². The number of carbonyl (C=O) groups excluding carboxylic acids is 2. The van der Waals surface area contributed by atoms with Crippen molar-refractivity contribution in [1.29, 1.82) is 0 Å². The van der Waals surface area contributed by atoms with Crippen LogP contribution in [-0.2, 0) is 22.6 Å². The van der Waals surface area contributed by atoms with Gasteiger partial charge in [-0.2, -0.15) is 0 Å². The van der Waals surface area contributed by atoms with E-state index in [1.165, 1.54) is 5.56 Å². The van der Waals surface area contributed by atoms with Crippen molar-refractivity contribution in [3.8, 4) is 11.1 Å². The largest absolute Gasteiger partial charge is 0.342 e. The van der Waals surface area contributed by atoms with Crippen LogP contribution in [0.15, 0.2) is 59.2 Å². The number of benzene rings is 2. The van der Waals surface area contributed by atoms with Gasteiger partial charge in [-0.3, -0.25) is 9.59 Å². The average molecular weight is 459 g/mol. The van der Waals surface area contributed by atoms with Crippen LogP contribution in [-0.4, -0.2) is 52.1 Å². The Morgan fingerprint density at radius 1 is 1.03 bits per heavy atom. The molecule has 0 N–H and O–H groups in total. The lowest BCUT2D eigenvalue weighted by Gasteiger charge is -2.33. The molecule has 5 rings (SSSR count). The number of likely N-dealkylation sites (tertiary alicyclic amines) is 1. The summed E-state index contributed by atoms with van der Waals surface area (Å²) in [5.74, 6) is 0.359. The van der Waals surface area contributed by atoms with Crippen LogP contribution >= 0.6 is 0 Å². The molecular weight excluding hydrogens is 428 g/mol. The minimum atomic E-state index is 0.0421. The van der Waals surface area contributed by atoms with Crippen LogP contribution in [0, 0.1) is 18.3 Å². The van der Waals surface area contributed by atoms with Crippen LogP contribution < -0.4 is 0 Å². The Morgan fingerprint density at radius 3 is 2.35 bits per heavy atom. The standard InChI is InChI=1S/C27H30N4O3/c1-19-24(29-34-28-19)18-30(2)26(33)23-17-27(23)12-14-31(15-13-27)25(32)16-20-8-10-22(11-9-20)21-6-4-3-5-7-21/h3-11,23H,12-18H2,1-2H3. The van der Waals surface area contributed by atoms with Crippen LogP contribution in [0.3, 0.4) is 0 Å². The molecule has 0 bridgehead atoms. The van der Waals surface area contributed by atoms with Gasteiger partial charge in [0.15, 0.2) is 0 Å². The molecule has 1 atom stereocenters. The second-order valence-electron chi connectivity index (χ2n) is 9.73. The number of piperidine rings is 1. The fraction of sp³-hybridized carbons (Fsp3) is 0.407. The first-order chi connectivity index (χ1) is 16.4. The first-order valence-corrected chi connectivity index (χ1v) is 11.9. The first-order valence-electron chi connectivity index (χ1n) is 11.9. The van der Waals surface area contributed by atoms with Crippen LogP contribution in [0.4, 0.5) is 0 Å². The van der Waals surface area contributed by atoms with Gasteiger partial charge in [-0.05, 0) is 48.3 Å². The van der Waals surface area contributed by atoms with Crippen molar-refractivity contribution in [1.82, 2.24) is 20.1 Å². The minimum Gasteiger partial charge on any atom is -0.342 e. The Labute approximate surface area is 199 Å². The van der Waals surface area contributed by atoms with Gasteiger partial charge in [-0.15, -0.1) is 0 Å². The number of amides is 2. The fourth-order valence-corrected chi connectivity index (χ4v) is 5.14. The molecule has 1 saturated heterocycles. The molecule has 34 heavy (non-hydrogen) atoms. The predicted molar refractivity (Wildman–Crippen MR) is 127 cm³/mol. The van der Waals surface area contributed by atoms with Gasteiger partial charge < -0.3 is 9.80 Å². The highest BCUT2D eigenvalue weighted by Crippen LogP contribution is 2.60. The van der Waals surface area contributed by atoms with E-state index in [2.05, 4.69) is 34.6 Å². The van der Waals surface area contributed by atoms with E-state index in [1.807, 2.05) is 49.2 Å². The third kappa shape index (κ3) is 4.47. The molecule has 2 heterocycles. The van der Waals surface area contributed by atoms with Gasteiger partial charge >= 0.3 is 0 Å². The maximum absolute atomic E-state index is 13.0. The summed E-state index contributed by atoms with van der Waals surface area (Å²) < 4.78 is 4.74. The average Bonchev–Trinajstić information content (AvgIpc) is 3.41. The number of hydrogen-bond acceptors (Lipinski definition) is 5. The number of rotatable bonds is 6. The van der Waals surface area contributed by atoms with Crippen molar-refractivity contribution in [3.63, 3.8) is 0 Å². The molecule has 0 radical (unpaired) electrons. The van der Waals surface area contributed by atoms with Gasteiger partial charge in [0.25, 0.3) is 0 Å². The summed E-state index contributed by atoms with van der Waals surface area (Å²) in [6.07, 6.45) is 3.11. The highest BCUT2D eigenvalue weighted by molar-refractivity contribution is 5.83. The number of aromatic nitrogens is 2. The van der Waals surface area contributed by atoms with Crippen LogP contribution in [0.2, 0.25) is 0 Å². The SMILES string of the molecule is Cc1nonc1CN(C)C(=O)C1CC12CCN(C(=O)Cc1ccc(-c3ccccc3)cc1)CC2. The minimum absolute atomic E-state index is 0.0421. The maximum Gasteiger partial charge on any atom is 0.226 e. The first kappa shape index (κ1) is 22.3. The zero-order valence-corrected chi connectivity index (χ0v) is 19.7. The second kappa shape index (κ2) is 9.05. The van der Waals surface area contributed by atoms with Crippen molar-refractivity contribution in [2.45, 2.75) is 39.2 Å². The van der Waals surface area contributed by atoms with Gasteiger partial charge in [-0.1, -0.05) is 64.9 Å². The van der Waals surface area contributed by atoms with Gasteiger partial charge in [0.2, 0.25) is 11.8 Å². The quantitative estimate of drug-likeness (QED) is 0.560. The maximum atomic E-state index is 13.0. The Hall–Kier alpha value is -3.48. The van der Waals surface area contributed by atoms with Crippen LogP contribution in [0.5, 0.6) is 0 Å². The number of carbonyl (C=O) groups is 2. The van der Waals surface area contributed by atoms with E-state index in [0.29, 0.717) is 24.4 Å². The molecule has 1 aromatic heterocycles. The van der Waals surface area contributed by atoms with Crippen molar-refractivity contribution in [2.75, 3.05) is 20.1 Å². The molecule has 2 aliphatic rings. The molecule has 1 saturated carbocycles. The van der Waals surface area contributed by atoms with Crippen LogP contribution in [0.25, 0.3) is 11.1 Å². The van der Waals surface area contributed by atoms with Gasteiger partial charge in [0.05, 0.1) is 13.0 Å². The third-order valence-electron chi connectivity index (χ3n) is 7.53. The van der Waals surface area contributed by atoms with Gasteiger partial charge in [0.1, 0.15) is 11.4 Å². The van der Waals surface area contributed by atoms with Crippen molar-refractivity contribution in [2.24, 2.45) is 11.3 Å². The summed E-state index contributed by atoms with van der Waals surface area (Å²) >= 11 is 0. The Morgan fingerprint density at radius 2 is 1.71 bits per heavy atom. The molecule has 1 spiro atoms. The summed E-state index contributed by atoms with van der Waals surface area (Å²) in [7, 11) is 1.81. The second-order valence-corrected chi connectivity index (χ2v) is 9.73. The Balaban J connectivity index is 1.12. The van der Waals surface area contributed by atoms with E-state index in [-0.39, 0.29) is 23.1 Å². The molecule has 176 valence electrons. The monoisotopic (exact) mass is 458 g/mol. The predicted octanol–water partition coefficient (Wildman–Crippen LogP) is 3.87. The van der Waals surface area contributed by atoms with E-state index in [4.69, 9.17) is 4.63 Å². The summed E-state index contributed by atoms with van der Waals surface area (Å²) in [5.41, 5.74) is 4.82. The van der Waals surface area contributed by atoms with E-state index >= 15 is 0 Å². The highest BCUT2D eigenvalue weighted by atomic mass is 16.6. The van der Waals surface area contributed by atoms with Crippen molar-refractivity contribution < 1.29 is 14.2 Å². The van der Waals surface area contributed by atoms with Gasteiger partial charge in [0, 0.05) is 26.1 Å². The number of aryl methyl sites for hydroxylation is 1. The van der Waals surface area contributed by atoms with E-state index in [0.717, 1.165) is 43.5 Å². The lowest BCUT2D eigenvalue weighted by atomic mass is 9.90. The fourth-order valence-electron chi connectivity index (χ4n) is 5.14. The molecule has 2 aromatic carbocycles. The zero-order valence-electron chi connectivity index (χ0n) is 19.7. The number of hydrogen-bond donors (Lipinski definition) is 0. The third-order valence-corrected chi connectivity index (χ3v) is 7.53. The smallest absolute Gasteiger partial charge is 0.226 e. The lowest BCUT2D eigenvalue weighted by molar-refractivity contribution is -0.134. The summed E-state index contributed by atoms with van der Waals surface area (Å²) in [4.78, 5) is 29.6. The Kier molecular flexibility index (Phi) is 5.94. The Bertz CT molecular complexity index is 1160. The van der Waals surface area contributed by atoms with Gasteiger partial charge in [-0.25, -0.2) is 4.63 Å². The molecule has 1 aliphatic carbocycles. The molecule has 7 heteroatoms. The van der Waals surface area contributed by atoms with E-state index < -0.39 is 0 Å². The van der Waals surface area contributed by atoms with Crippen LogP contribution in [0.1, 0.15) is 36.2 Å². The molecule has 2 fully saturated rings. The molecule has 7 nitrogen and oxygen atoms in total. The summed E-state index contributed by atoms with van der Waals surface area (Å²) in [6, 6.07) is 18.5. The van der Waals surface area contributed by atoms with Crippen molar-refractivity contribution >= 4 is 11.8 Å². The molecular formula is C27H30N4O3. The topological polar surface area (TPSA) is 79.5 Å². The van der Waals surface area contributed by atoms with E-state index in [1.54, 1.807) is 4.90 Å². The highest BCUT2D eigenvalue weighted by Gasteiger charge is 2.59. The molecule has 2 amide bonds. The normalized spacial score (nSPS) is 18.6.